The van der Waals surface area contributed by atoms with Gasteiger partial charge in [-0.25, -0.2) is 4.98 Å². The van der Waals surface area contributed by atoms with E-state index in [9.17, 15) is 14.4 Å². The van der Waals surface area contributed by atoms with Crippen LogP contribution in [0.4, 0.5) is 5.13 Å². The van der Waals surface area contributed by atoms with Crippen LogP contribution in [-0.4, -0.2) is 51.1 Å². The van der Waals surface area contributed by atoms with Crippen LogP contribution in [0.5, 0.6) is 0 Å². The van der Waals surface area contributed by atoms with E-state index in [0.29, 0.717) is 31.0 Å². The molecule has 2 aromatic rings. The maximum Gasteiger partial charge on any atom is 0.255 e. The van der Waals surface area contributed by atoms with Crippen LogP contribution in [0.15, 0.2) is 18.2 Å². The highest BCUT2D eigenvalue weighted by atomic mass is 32.1. The number of hydrogen-bond donors (Lipinski definition) is 3. The van der Waals surface area contributed by atoms with Gasteiger partial charge in [-0.05, 0) is 23.6 Å². The maximum absolute atomic E-state index is 12.9. The lowest BCUT2D eigenvalue weighted by Crippen LogP contribution is -2.52. The molecular formula is C19H20N6O3S. The number of piperidine rings is 1. The van der Waals surface area contributed by atoms with E-state index in [-0.39, 0.29) is 18.2 Å². The molecule has 29 heavy (non-hydrogen) atoms. The van der Waals surface area contributed by atoms with Crippen LogP contribution in [-0.2, 0) is 22.7 Å². The van der Waals surface area contributed by atoms with Crippen LogP contribution in [0.1, 0.15) is 46.1 Å². The fourth-order valence-electron chi connectivity index (χ4n) is 3.93. The topological polar surface area (TPSA) is 116 Å². The lowest BCUT2D eigenvalue weighted by molar-refractivity contribution is -0.136. The highest BCUT2D eigenvalue weighted by Crippen LogP contribution is 2.30. The van der Waals surface area contributed by atoms with Gasteiger partial charge in [-0.2, -0.15) is 4.37 Å². The molecule has 9 nitrogen and oxygen atoms in total. The van der Waals surface area contributed by atoms with Crippen molar-refractivity contribution in [2.24, 2.45) is 0 Å². The van der Waals surface area contributed by atoms with Gasteiger partial charge >= 0.3 is 0 Å². The Labute approximate surface area is 171 Å². The van der Waals surface area contributed by atoms with E-state index in [1.807, 2.05) is 12.1 Å². The van der Waals surface area contributed by atoms with Crippen molar-refractivity contribution in [3.8, 4) is 0 Å². The summed E-state index contributed by atoms with van der Waals surface area (Å²) in [5.74, 6) is 0.423. The number of imide groups is 1. The van der Waals surface area contributed by atoms with Crippen LogP contribution in [0.3, 0.4) is 0 Å². The van der Waals surface area contributed by atoms with E-state index < -0.39 is 11.9 Å². The molecule has 1 aromatic carbocycles. The van der Waals surface area contributed by atoms with Crippen LogP contribution >= 0.6 is 11.5 Å². The number of rotatable bonds is 5. The van der Waals surface area contributed by atoms with Gasteiger partial charge in [0.15, 0.2) is 0 Å². The third kappa shape index (κ3) is 3.28. The Balaban J connectivity index is 1.31. The monoisotopic (exact) mass is 412 g/mol. The zero-order chi connectivity index (χ0) is 20.0. The summed E-state index contributed by atoms with van der Waals surface area (Å²) < 4.78 is 4.42. The Morgan fingerprint density at radius 2 is 2.10 bits per heavy atom. The van der Waals surface area contributed by atoms with Crippen molar-refractivity contribution >= 4 is 34.4 Å². The minimum absolute atomic E-state index is 0.160. The first-order valence-electron chi connectivity index (χ1n) is 9.64. The standard InChI is InChI=1S/C19H20N6O3S/c26-15-5-4-14(17(27)22-15)25-9-13-10(2-1-3-12(13)18(25)28)8-21-19-23-16(24-29-19)11-6-20-7-11/h1-3,11,14,20H,4-9H2,(H,21,23,24)(H,22,26,27). The molecule has 0 saturated carbocycles. The largest absolute Gasteiger partial charge is 0.356 e. The number of nitrogens with zero attached hydrogens (tertiary/aromatic N) is 3. The summed E-state index contributed by atoms with van der Waals surface area (Å²) in [6, 6.07) is 5.02. The number of carbonyl (C=O) groups excluding carboxylic acids is 3. The predicted octanol–water partition coefficient (Wildman–Crippen LogP) is 0.598. The molecule has 3 amide bonds. The summed E-state index contributed by atoms with van der Waals surface area (Å²) in [7, 11) is 0. The molecule has 3 aliphatic rings. The molecular weight excluding hydrogens is 392 g/mol. The Hall–Kier alpha value is -2.85. The molecule has 5 rings (SSSR count). The van der Waals surface area contributed by atoms with Gasteiger partial charge in [-0.1, -0.05) is 12.1 Å². The molecule has 150 valence electrons. The van der Waals surface area contributed by atoms with E-state index in [1.54, 1.807) is 11.0 Å². The van der Waals surface area contributed by atoms with E-state index in [2.05, 4.69) is 25.3 Å². The highest BCUT2D eigenvalue weighted by Gasteiger charge is 2.39. The predicted molar refractivity (Wildman–Crippen MR) is 105 cm³/mol. The number of hydrogen-bond acceptors (Lipinski definition) is 8. The zero-order valence-electron chi connectivity index (χ0n) is 15.6. The molecule has 2 fully saturated rings. The van der Waals surface area contributed by atoms with Crippen molar-refractivity contribution in [3.63, 3.8) is 0 Å². The molecule has 1 aromatic heterocycles. The molecule has 1 unspecified atom stereocenters. The average Bonchev–Trinajstić information content (AvgIpc) is 3.24. The summed E-state index contributed by atoms with van der Waals surface area (Å²) in [4.78, 5) is 42.6. The molecule has 4 heterocycles. The van der Waals surface area contributed by atoms with Crippen molar-refractivity contribution in [2.45, 2.75) is 37.9 Å². The van der Waals surface area contributed by atoms with Crippen LogP contribution in [0, 0.1) is 0 Å². The van der Waals surface area contributed by atoms with Gasteiger partial charge in [-0.3, -0.25) is 19.7 Å². The summed E-state index contributed by atoms with van der Waals surface area (Å²) in [6.45, 7) is 2.73. The van der Waals surface area contributed by atoms with Gasteiger partial charge in [-0.15, -0.1) is 0 Å². The number of benzene rings is 1. The summed E-state index contributed by atoms with van der Waals surface area (Å²) in [6.07, 6.45) is 0.613. The first-order valence-corrected chi connectivity index (χ1v) is 10.4. The number of nitrogens with one attached hydrogen (secondary N) is 3. The van der Waals surface area contributed by atoms with E-state index in [0.717, 1.165) is 35.2 Å². The Morgan fingerprint density at radius 3 is 2.86 bits per heavy atom. The van der Waals surface area contributed by atoms with Gasteiger partial charge in [0.05, 0.1) is 0 Å². The Bertz CT molecular complexity index is 1000. The number of anilines is 1. The van der Waals surface area contributed by atoms with Crippen LogP contribution < -0.4 is 16.0 Å². The van der Waals surface area contributed by atoms with Gasteiger partial charge in [0.1, 0.15) is 11.9 Å². The van der Waals surface area contributed by atoms with Crippen molar-refractivity contribution in [1.29, 1.82) is 0 Å². The summed E-state index contributed by atoms with van der Waals surface area (Å²) >= 11 is 1.34. The fraction of sp³-hybridized carbons (Fsp3) is 0.421. The van der Waals surface area contributed by atoms with E-state index >= 15 is 0 Å². The van der Waals surface area contributed by atoms with Crippen molar-refractivity contribution in [2.75, 3.05) is 18.4 Å². The molecule has 0 bridgehead atoms. The molecule has 3 N–H and O–H groups in total. The van der Waals surface area contributed by atoms with E-state index in [4.69, 9.17) is 0 Å². The van der Waals surface area contributed by atoms with E-state index in [1.165, 1.54) is 11.5 Å². The third-order valence-electron chi connectivity index (χ3n) is 5.70. The van der Waals surface area contributed by atoms with Crippen LogP contribution in [0.25, 0.3) is 0 Å². The quantitative estimate of drug-likeness (QED) is 0.616. The van der Waals surface area contributed by atoms with Crippen LogP contribution in [0.2, 0.25) is 0 Å². The molecule has 0 aliphatic carbocycles. The molecule has 10 heteroatoms. The first kappa shape index (κ1) is 18.2. The lowest BCUT2D eigenvalue weighted by Gasteiger charge is -2.29. The number of fused-ring (bicyclic) bond motifs is 1. The fourth-order valence-corrected chi connectivity index (χ4v) is 4.57. The smallest absolute Gasteiger partial charge is 0.255 e. The molecule has 2 saturated heterocycles. The van der Waals surface area contributed by atoms with Gasteiger partial charge in [0.25, 0.3) is 5.91 Å². The number of amides is 3. The van der Waals surface area contributed by atoms with Crippen molar-refractivity contribution in [1.82, 2.24) is 24.9 Å². The molecule has 1 atom stereocenters. The summed E-state index contributed by atoms with van der Waals surface area (Å²) in [5, 5.41) is 9.62. The second-order valence-electron chi connectivity index (χ2n) is 7.51. The third-order valence-corrected chi connectivity index (χ3v) is 6.38. The first-order chi connectivity index (χ1) is 14.1. The molecule has 0 radical (unpaired) electrons. The normalized spacial score (nSPS) is 21.7. The minimum atomic E-state index is -0.602. The van der Waals surface area contributed by atoms with Gasteiger partial charge in [0.2, 0.25) is 16.9 Å². The molecule has 3 aliphatic heterocycles. The second-order valence-corrected chi connectivity index (χ2v) is 8.26. The SMILES string of the molecule is O=C1CCC(N2Cc3c(CNc4nc(C5CNC5)ns4)cccc3C2=O)C(=O)N1. The number of aromatic nitrogens is 2. The number of carbonyl (C=O) groups is 3. The minimum Gasteiger partial charge on any atom is -0.356 e. The maximum atomic E-state index is 12.9. The van der Waals surface area contributed by atoms with Gasteiger partial charge < -0.3 is 15.5 Å². The Kier molecular flexibility index (Phi) is 4.51. The van der Waals surface area contributed by atoms with Crippen molar-refractivity contribution in [3.05, 3.63) is 40.7 Å². The second kappa shape index (κ2) is 7.20. The lowest BCUT2D eigenvalue weighted by atomic mass is 10.0. The molecule has 0 spiro atoms. The Morgan fingerprint density at radius 1 is 1.24 bits per heavy atom. The average molecular weight is 412 g/mol. The summed E-state index contributed by atoms with van der Waals surface area (Å²) in [5.41, 5.74) is 2.53. The zero-order valence-corrected chi connectivity index (χ0v) is 16.4. The van der Waals surface area contributed by atoms with Gasteiger partial charge in [0, 0.05) is 55.6 Å². The van der Waals surface area contributed by atoms with Crippen molar-refractivity contribution < 1.29 is 14.4 Å². The highest BCUT2D eigenvalue weighted by molar-refractivity contribution is 7.09.